The molecule has 0 heterocycles. The Balaban J connectivity index is 2.49. The zero-order valence-corrected chi connectivity index (χ0v) is 11.0. The molecule has 0 radical (unpaired) electrons. The molecular weight excluding hydrogens is 259 g/mol. The third-order valence-corrected chi connectivity index (χ3v) is 3.43. The molecule has 3 heteroatoms. The minimum Gasteiger partial charge on any atom is -0.130 e. The fourth-order valence-electron chi connectivity index (χ4n) is 1.52. The van der Waals surface area contributed by atoms with Crippen LogP contribution < -0.4 is 0 Å². The fraction of sp³-hybridized carbons (Fsp3) is 0.0769. The largest absolute Gasteiger partial charge is 0.130 e. The molecule has 0 saturated heterocycles. The molecule has 0 aliphatic heterocycles. The minimum absolute atomic E-state index is 0.664. The van der Waals surface area contributed by atoms with Crippen LogP contribution in [-0.2, 0) is 0 Å². The van der Waals surface area contributed by atoms with E-state index < -0.39 is 0 Å². The summed E-state index contributed by atoms with van der Waals surface area (Å²) in [5.74, 6) is 0. The molecule has 0 saturated carbocycles. The van der Waals surface area contributed by atoms with Gasteiger partial charge >= 0.3 is 0 Å². The van der Waals surface area contributed by atoms with Gasteiger partial charge in [0.2, 0.25) is 0 Å². The summed E-state index contributed by atoms with van der Waals surface area (Å²) in [6.45, 7) is 0. The summed E-state index contributed by atoms with van der Waals surface area (Å²) in [6, 6.07) is 13.9. The topological polar surface area (TPSA) is 0 Å². The second-order valence-corrected chi connectivity index (χ2v) is 5.14. The quantitative estimate of drug-likeness (QED) is 0.659. The van der Waals surface area contributed by atoms with Gasteiger partial charge in [0, 0.05) is 14.9 Å². The number of hydrogen-bond donors (Lipinski definition) is 0. The molecule has 0 amide bonds. The van der Waals surface area contributed by atoms with Crippen molar-refractivity contribution in [3.8, 4) is 11.1 Å². The second-order valence-electron chi connectivity index (χ2n) is 3.39. The van der Waals surface area contributed by atoms with Gasteiger partial charge in [0.15, 0.2) is 0 Å². The zero-order valence-electron chi connectivity index (χ0n) is 8.71. The van der Waals surface area contributed by atoms with Crippen molar-refractivity contribution in [3.05, 3.63) is 52.5 Å². The van der Waals surface area contributed by atoms with Crippen LogP contribution in [0.25, 0.3) is 11.1 Å². The first kappa shape index (κ1) is 11.8. The predicted octanol–water partition coefficient (Wildman–Crippen LogP) is 5.38. The third-order valence-electron chi connectivity index (χ3n) is 2.27. The Bertz CT molecular complexity index is 489. The zero-order chi connectivity index (χ0) is 11.5. The van der Waals surface area contributed by atoms with Crippen LogP contribution in [-0.4, -0.2) is 6.26 Å². The van der Waals surface area contributed by atoms with Gasteiger partial charge in [-0.3, -0.25) is 0 Å². The Hall–Kier alpha value is -0.630. The Kier molecular flexibility index (Phi) is 3.80. The highest BCUT2D eigenvalue weighted by atomic mass is 35.5. The lowest BCUT2D eigenvalue weighted by Crippen LogP contribution is -1.79. The van der Waals surface area contributed by atoms with Crippen molar-refractivity contribution >= 4 is 35.0 Å². The first-order valence-corrected chi connectivity index (χ1v) is 6.77. The normalized spacial score (nSPS) is 10.4. The molecule has 2 aromatic rings. The highest BCUT2D eigenvalue weighted by Gasteiger charge is 2.02. The van der Waals surface area contributed by atoms with Crippen molar-refractivity contribution in [1.29, 1.82) is 0 Å². The smallest absolute Gasteiger partial charge is 0.0426 e. The maximum absolute atomic E-state index is 5.98. The van der Waals surface area contributed by atoms with E-state index >= 15 is 0 Å². The summed E-state index contributed by atoms with van der Waals surface area (Å²) in [5.41, 5.74) is 2.18. The van der Waals surface area contributed by atoms with Crippen LogP contribution >= 0.6 is 35.0 Å². The minimum atomic E-state index is 0.664. The van der Waals surface area contributed by atoms with Gasteiger partial charge in [-0.1, -0.05) is 35.3 Å². The highest BCUT2D eigenvalue weighted by molar-refractivity contribution is 7.98. The molecule has 0 aromatic heterocycles. The number of halogens is 2. The lowest BCUT2D eigenvalue weighted by molar-refractivity contribution is 1.46. The van der Waals surface area contributed by atoms with E-state index in [4.69, 9.17) is 23.2 Å². The van der Waals surface area contributed by atoms with Gasteiger partial charge in [0.25, 0.3) is 0 Å². The Labute approximate surface area is 110 Å². The van der Waals surface area contributed by atoms with E-state index in [-0.39, 0.29) is 0 Å². The van der Waals surface area contributed by atoms with Gasteiger partial charge in [0.1, 0.15) is 0 Å². The van der Waals surface area contributed by atoms with Crippen LogP contribution in [0.5, 0.6) is 0 Å². The maximum atomic E-state index is 5.98. The molecule has 82 valence electrons. The van der Waals surface area contributed by atoms with Crippen LogP contribution in [0.4, 0.5) is 0 Å². The lowest BCUT2D eigenvalue weighted by Gasteiger charge is -2.05. The number of rotatable bonds is 2. The molecule has 0 fully saturated rings. The molecule has 0 N–H and O–H groups in total. The van der Waals surface area contributed by atoms with Gasteiger partial charge in [-0.05, 0) is 47.7 Å². The average molecular weight is 269 g/mol. The number of hydrogen-bond acceptors (Lipinski definition) is 1. The van der Waals surface area contributed by atoms with Crippen molar-refractivity contribution in [1.82, 2.24) is 0 Å². The Morgan fingerprint density at radius 2 is 1.56 bits per heavy atom. The summed E-state index contributed by atoms with van der Waals surface area (Å²) in [4.78, 5) is 1.23. The van der Waals surface area contributed by atoms with E-state index in [2.05, 4.69) is 24.5 Å². The monoisotopic (exact) mass is 268 g/mol. The van der Waals surface area contributed by atoms with Crippen LogP contribution in [0.1, 0.15) is 0 Å². The van der Waals surface area contributed by atoms with Crippen LogP contribution in [0.15, 0.2) is 47.4 Å². The van der Waals surface area contributed by atoms with Gasteiger partial charge in [-0.15, -0.1) is 11.8 Å². The molecule has 0 atom stereocenters. The molecule has 0 unspecified atom stereocenters. The second kappa shape index (κ2) is 5.13. The highest BCUT2D eigenvalue weighted by Crippen LogP contribution is 2.29. The summed E-state index contributed by atoms with van der Waals surface area (Å²) >= 11 is 13.7. The molecule has 2 rings (SSSR count). The van der Waals surface area contributed by atoms with E-state index in [1.54, 1.807) is 17.8 Å². The van der Waals surface area contributed by atoms with E-state index in [0.717, 1.165) is 11.1 Å². The van der Waals surface area contributed by atoms with Gasteiger partial charge in [-0.25, -0.2) is 0 Å². The summed E-state index contributed by atoms with van der Waals surface area (Å²) < 4.78 is 0. The van der Waals surface area contributed by atoms with Crippen molar-refractivity contribution in [2.45, 2.75) is 4.90 Å². The number of thioether (sulfide) groups is 1. The first-order valence-electron chi connectivity index (χ1n) is 4.79. The predicted molar refractivity (Wildman–Crippen MR) is 73.7 cm³/mol. The molecule has 16 heavy (non-hydrogen) atoms. The molecule has 0 aliphatic carbocycles. The maximum Gasteiger partial charge on any atom is 0.0426 e. The number of benzene rings is 2. The van der Waals surface area contributed by atoms with Crippen molar-refractivity contribution in [3.63, 3.8) is 0 Å². The van der Waals surface area contributed by atoms with Crippen molar-refractivity contribution < 1.29 is 0 Å². The van der Waals surface area contributed by atoms with Crippen molar-refractivity contribution in [2.24, 2.45) is 0 Å². The van der Waals surface area contributed by atoms with Crippen molar-refractivity contribution in [2.75, 3.05) is 6.26 Å². The van der Waals surface area contributed by atoms with Gasteiger partial charge in [-0.2, -0.15) is 0 Å². The van der Waals surface area contributed by atoms with E-state index in [9.17, 15) is 0 Å². The lowest BCUT2D eigenvalue weighted by atomic mass is 10.1. The molecule has 0 bridgehead atoms. The van der Waals surface area contributed by atoms with Gasteiger partial charge in [0.05, 0.1) is 0 Å². The van der Waals surface area contributed by atoms with Crippen LogP contribution in [0.3, 0.4) is 0 Å². The summed E-state index contributed by atoms with van der Waals surface area (Å²) in [5, 5.41) is 1.33. The standard InChI is InChI=1S/C13H10Cl2S/c1-16-13-4-2-3-9(7-13)10-5-11(14)8-12(15)6-10/h2-8H,1H3. The summed E-state index contributed by atoms with van der Waals surface area (Å²) in [6.07, 6.45) is 2.06. The van der Waals surface area contributed by atoms with Gasteiger partial charge < -0.3 is 0 Å². The molecular formula is C13H10Cl2S. The van der Waals surface area contributed by atoms with E-state index in [1.165, 1.54) is 4.90 Å². The third kappa shape index (κ3) is 2.73. The first-order chi connectivity index (χ1) is 7.69. The summed E-state index contributed by atoms with van der Waals surface area (Å²) in [7, 11) is 0. The Morgan fingerprint density at radius 3 is 2.19 bits per heavy atom. The van der Waals surface area contributed by atoms with Crippen LogP contribution in [0, 0.1) is 0 Å². The van der Waals surface area contributed by atoms with Crippen LogP contribution in [0.2, 0.25) is 10.0 Å². The fourth-order valence-corrected chi connectivity index (χ4v) is 2.51. The van der Waals surface area contributed by atoms with E-state index in [0.29, 0.717) is 10.0 Å². The molecule has 2 aromatic carbocycles. The molecule has 0 spiro atoms. The SMILES string of the molecule is CSc1cccc(-c2cc(Cl)cc(Cl)c2)c1. The molecule has 0 nitrogen and oxygen atoms in total. The van der Waals surface area contributed by atoms with E-state index in [1.807, 2.05) is 18.2 Å². The molecule has 0 aliphatic rings. The average Bonchev–Trinajstić information content (AvgIpc) is 2.28. The Morgan fingerprint density at radius 1 is 0.875 bits per heavy atom.